The monoisotopic (exact) mass is 461 g/mol. The predicted octanol–water partition coefficient (Wildman–Crippen LogP) is 1.68. The number of nitrogens with one attached hydrogen (secondary N) is 2. The van der Waals surface area contributed by atoms with E-state index in [9.17, 15) is 4.79 Å². The second kappa shape index (κ2) is 8.88. The number of aliphatic imine (C=N–C) groups is 1. The average molecular weight is 461 g/mol. The van der Waals surface area contributed by atoms with Gasteiger partial charge in [-0.25, -0.2) is 0 Å². The number of nitrogens with zero attached hydrogens (tertiary/aromatic N) is 2. The third-order valence-electron chi connectivity index (χ3n) is 5.24. The Hall–Kier alpha value is -1.29. The Morgan fingerprint density at radius 1 is 1.36 bits per heavy atom. The summed E-state index contributed by atoms with van der Waals surface area (Å²) in [6.07, 6.45) is 6.24. The molecule has 140 valence electrons. The van der Waals surface area contributed by atoms with E-state index in [-0.39, 0.29) is 29.7 Å². The van der Waals surface area contributed by atoms with Gasteiger partial charge >= 0.3 is 0 Å². The normalized spacial score (nSPS) is 26.6. The van der Waals surface area contributed by atoms with Crippen LogP contribution in [0.15, 0.2) is 21.5 Å². The molecule has 3 heterocycles. The molecular weight excluding hydrogens is 433 g/mol. The van der Waals surface area contributed by atoms with Crippen molar-refractivity contribution in [3.05, 3.63) is 23.7 Å². The summed E-state index contributed by atoms with van der Waals surface area (Å²) in [6, 6.07) is 5.14. The Morgan fingerprint density at radius 2 is 2.04 bits per heavy atom. The van der Waals surface area contributed by atoms with E-state index >= 15 is 0 Å². The highest BCUT2D eigenvalue weighted by molar-refractivity contribution is 14.0. The predicted molar refractivity (Wildman–Crippen MR) is 108 cm³/mol. The van der Waals surface area contributed by atoms with E-state index in [0.717, 1.165) is 18.8 Å². The molecule has 2 aliphatic heterocycles. The summed E-state index contributed by atoms with van der Waals surface area (Å²) in [5.74, 6) is 1.05. The van der Waals surface area contributed by atoms with Crippen LogP contribution in [-0.2, 0) is 6.54 Å². The molecule has 0 radical (unpaired) electrons. The second-order valence-electron chi connectivity index (χ2n) is 6.77. The van der Waals surface area contributed by atoms with Crippen molar-refractivity contribution in [3.8, 4) is 0 Å². The topological polar surface area (TPSA) is 95.9 Å². The molecule has 2 fully saturated rings. The van der Waals surface area contributed by atoms with Gasteiger partial charge in [-0.05, 0) is 44.9 Å². The summed E-state index contributed by atoms with van der Waals surface area (Å²) in [5, 5.41) is 6.78. The van der Waals surface area contributed by atoms with Crippen LogP contribution in [0.4, 0.5) is 0 Å². The number of rotatable bonds is 4. The van der Waals surface area contributed by atoms with E-state index in [1.807, 2.05) is 0 Å². The van der Waals surface area contributed by atoms with Crippen LogP contribution in [0.5, 0.6) is 0 Å². The van der Waals surface area contributed by atoms with Crippen molar-refractivity contribution in [1.82, 2.24) is 15.5 Å². The van der Waals surface area contributed by atoms with Crippen molar-refractivity contribution in [3.63, 3.8) is 0 Å². The second-order valence-corrected chi connectivity index (χ2v) is 6.77. The average Bonchev–Trinajstić information content (AvgIpc) is 3.01. The first-order chi connectivity index (χ1) is 11.6. The highest BCUT2D eigenvalue weighted by Gasteiger charge is 2.36. The zero-order valence-electron chi connectivity index (χ0n) is 14.8. The van der Waals surface area contributed by atoms with E-state index < -0.39 is 5.91 Å². The highest BCUT2D eigenvalue weighted by atomic mass is 127. The number of halogens is 1. The summed E-state index contributed by atoms with van der Waals surface area (Å²) in [6.45, 7) is 0.465. The van der Waals surface area contributed by atoms with Crippen LogP contribution < -0.4 is 16.4 Å². The molecule has 0 aliphatic carbocycles. The molecule has 0 aromatic carbocycles. The molecule has 3 rings (SSSR count). The summed E-state index contributed by atoms with van der Waals surface area (Å²) < 4.78 is 5.38. The molecule has 4 N–H and O–H groups in total. The molecule has 2 aliphatic rings. The lowest BCUT2D eigenvalue weighted by Crippen LogP contribution is -2.56. The molecule has 8 heteroatoms. The standard InChI is InChI=1S/C17H27N5O2.HI/c1-19-17(20-10-14-6-7-15(24-14)16(18)23)21-11-8-12-4-3-5-13(9-11)22(12)2;/h6-7,11-13H,3-5,8-10H2,1-2H3,(H2,18,23)(H2,19,20,21);1H. The largest absolute Gasteiger partial charge is 0.454 e. The number of carbonyl (C=O) groups is 1. The Labute approximate surface area is 165 Å². The van der Waals surface area contributed by atoms with E-state index in [1.165, 1.54) is 19.3 Å². The zero-order valence-corrected chi connectivity index (χ0v) is 17.2. The number of fused-ring (bicyclic) bond motifs is 2. The number of hydrogen-bond donors (Lipinski definition) is 3. The Balaban J connectivity index is 0.00000225. The minimum atomic E-state index is -0.554. The Kier molecular flexibility index (Phi) is 7.12. The third kappa shape index (κ3) is 4.87. The van der Waals surface area contributed by atoms with E-state index in [2.05, 4.69) is 27.6 Å². The number of piperidine rings is 2. The molecule has 1 amide bonds. The van der Waals surface area contributed by atoms with Gasteiger partial charge in [-0.1, -0.05) is 6.42 Å². The van der Waals surface area contributed by atoms with Gasteiger partial charge in [-0.3, -0.25) is 9.79 Å². The fourth-order valence-electron chi connectivity index (χ4n) is 3.90. The quantitative estimate of drug-likeness (QED) is 0.360. The first kappa shape index (κ1) is 20.0. The van der Waals surface area contributed by atoms with Crippen molar-refractivity contribution >= 4 is 35.8 Å². The van der Waals surface area contributed by atoms with Gasteiger partial charge in [0.1, 0.15) is 5.76 Å². The molecule has 2 saturated heterocycles. The maximum absolute atomic E-state index is 11.1. The van der Waals surface area contributed by atoms with Crippen molar-refractivity contribution < 1.29 is 9.21 Å². The van der Waals surface area contributed by atoms with E-state index in [4.69, 9.17) is 10.2 Å². The highest BCUT2D eigenvalue weighted by Crippen LogP contribution is 2.32. The minimum Gasteiger partial charge on any atom is -0.454 e. The molecule has 2 unspecified atom stereocenters. The lowest BCUT2D eigenvalue weighted by atomic mass is 9.82. The number of hydrogen-bond acceptors (Lipinski definition) is 4. The number of amides is 1. The first-order valence-electron chi connectivity index (χ1n) is 8.64. The van der Waals surface area contributed by atoms with Gasteiger partial charge < -0.3 is 25.7 Å². The number of furan rings is 1. The summed E-state index contributed by atoms with van der Waals surface area (Å²) in [4.78, 5) is 17.9. The van der Waals surface area contributed by atoms with Gasteiger partial charge in [0, 0.05) is 25.2 Å². The molecule has 25 heavy (non-hydrogen) atoms. The zero-order chi connectivity index (χ0) is 17.1. The molecule has 2 atom stereocenters. The molecule has 1 aromatic rings. The van der Waals surface area contributed by atoms with Gasteiger partial charge in [0.25, 0.3) is 5.91 Å². The van der Waals surface area contributed by atoms with Crippen LogP contribution in [0.25, 0.3) is 0 Å². The summed E-state index contributed by atoms with van der Waals surface area (Å²) in [7, 11) is 4.02. The van der Waals surface area contributed by atoms with E-state index in [1.54, 1.807) is 19.2 Å². The number of primary amides is 1. The number of nitrogens with two attached hydrogens (primary N) is 1. The molecule has 7 nitrogen and oxygen atoms in total. The van der Waals surface area contributed by atoms with Crippen molar-refractivity contribution in [2.45, 2.75) is 56.8 Å². The molecule has 0 spiro atoms. The third-order valence-corrected chi connectivity index (χ3v) is 5.24. The molecular formula is C17H28IN5O2. The number of carbonyl (C=O) groups excluding carboxylic acids is 1. The van der Waals surface area contributed by atoms with Gasteiger partial charge in [-0.2, -0.15) is 0 Å². The lowest BCUT2D eigenvalue weighted by molar-refractivity contribution is 0.0526. The Bertz CT molecular complexity index is 604. The Morgan fingerprint density at radius 3 is 2.60 bits per heavy atom. The molecule has 1 aromatic heterocycles. The van der Waals surface area contributed by atoms with Crippen molar-refractivity contribution in [2.75, 3.05) is 14.1 Å². The van der Waals surface area contributed by atoms with E-state index in [0.29, 0.717) is 30.4 Å². The fraction of sp³-hybridized carbons (Fsp3) is 0.647. The summed E-state index contributed by atoms with van der Waals surface area (Å²) >= 11 is 0. The maximum Gasteiger partial charge on any atom is 0.284 e. The van der Waals surface area contributed by atoms with Crippen molar-refractivity contribution in [2.24, 2.45) is 10.7 Å². The van der Waals surface area contributed by atoms with Gasteiger partial charge in [-0.15, -0.1) is 24.0 Å². The van der Waals surface area contributed by atoms with Gasteiger partial charge in [0.2, 0.25) is 0 Å². The van der Waals surface area contributed by atoms with Crippen LogP contribution in [0.2, 0.25) is 0 Å². The molecule has 2 bridgehead atoms. The van der Waals surface area contributed by atoms with Gasteiger partial charge in [0.15, 0.2) is 11.7 Å². The lowest BCUT2D eigenvalue weighted by Gasteiger charge is -2.47. The van der Waals surface area contributed by atoms with Crippen LogP contribution in [-0.4, -0.2) is 49.0 Å². The number of guanidine groups is 1. The van der Waals surface area contributed by atoms with Gasteiger partial charge in [0.05, 0.1) is 6.54 Å². The van der Waals surface area contributed by atoms with Crippen LogP contribution in [0.3, 0.4) is 0 Å². The maximum atomic E-state index is 11.1. The molecule has 0 saturated carbocycles. The smallest absolute Gasteiger partial charge is 0.284 e. The minimum absolute atomic E-state index is 0. The fourth-order valence-corrected chi connectivity index (χ4v) is 3.90. The van der Waals surface area contributed by atoms with Crippen LogP contribution >= 0.6 is 24.0 Å². The first-order valence-corrected chi connectivity index (χ1v) is 8.64. The summed E-state index contributed by atoms with van der Waals surface area (Å²) in [5.41, 5.74) is 5.20. The van der Waals surface area contributed by atoms with Crippen LogP contribution in [0, 0.1) is 0 Å². The van der Waals surface area contributed by atoms with Crippen LogP contribution in [0.1, 0.15) is 48.4 Å². The SMILES string of the molecule is CN=C(NCc1ccc(C(N)=O)o1)NC1CC2CCCC(C1)N2C.I. The van der Waals surface area contributed by atoms with Crippen molar-refractivity contribution in [1.29, 1.82) is 0 Å².